The summed E-state index contributed by atoms with van der Waals surface area (Å²) < 4.78 is 7.29. The van der Waals surface area contributed by atoms with Gasteiger partial charge in [0.15, 0.2) is 0 Å². The van der Waals surface area contributed by atoms with Gasteiger partial charge in [0.25, 0.3) is 0 Å². The quantitative estimate of drug-likeness (QED) is 0.309. The molecule has 4 aliphatic carbocycles. The molecule has 8 rings (SSSR count). The molecule has 4 bridgehead atoms. The predicted molar refractivity (Wildman–Crippen MR) is 160 cm³/mol. The number of fused-ring (bicyclic) bond motifs is 4. The maximum Gasteiger partial charge on any atom is 0.315 e. The molecule has 2 aromatic rings. The Morgan fingerprint density at radius 3 is 2.55 bits per heavy atom. The fourth-order valence-corrected chi connectivity index (χ4v) is 11.6. The Kier molecular flexibility index (Phi) is 5.83. The number of hydrogen-bond acceptors (Lipinski definition) is 4. The van der Waals surface area contributed by atoms with Crippen LogP contribution in [-0.2, 0) is 27.3 Å². The van der Waals surface area contributed by atoms with Gasteiger partial charge in [0.2, 0.25) is 0 Å². The number of hydrogen-bond donors (Lipinski definition) is 1. The van der Waals surface area contributed by atoms with Crippen LogP contribution in [0, 0.1) is 45.8 Å². The van der Waals surface area contributed by atoms with Crippen molar-refractivity contribution in [3.63, 3.8) is 0 Å². The summed E-state index contributed by atoms with van der Waals surface area (Å²) in [4.78, 5) is 30.1. The summed E-state index contributed by atoms with van der Waals surface area (Å²) in [7, 11) is 0. The Morgan fingerprint density at radius 1 is 1.07 bits per heavy atom. The van der Waals surface area contributed by atoms with E-state index in [1.54, 1.807) is 0 Å². The third kappa shape index (κ3) is 3.07. The van der Waals surface area contributed by atoms with E-state index in [4.69, 9.17) is 4.74 Å². The molecule has 42 heavy (non-hydrogen) atoms. The van der Waals surface area contributed by atoms with Crippen LogP contribution in [0.3, 0.4) is 0 Å². The summed E-state index contributed by atoms with van der Waals surface area (Å²) in [5.74, 6) is 0.239. The lowest BCUT2D eigenvalue weighted by atomic mass is 9.41. The molecule has 2 heterocycles. The number of rotatable bonds is 6. The number of ether oxygens (including phenoxy) is 1. The highest BCUT2D eigenvalue weighted by molar-refractivity contribution is 5.90. The second kappa shape index (κ2) is 9.12. The van der Waals surface area contributed by atoms with Gasteiger partial charge in [-0.05, 0) is 77.5 Å². The average molecular weight is 566 g/mol. The van der Waals surface area contributed by atoms with Crippen LogP contribution in [0.2, 0.25) is 0 Å². The molecule has 6 unspecified atom stereocenters. The highest BCUT2D eigenvalue weighted by Gasteiger charge is 2.86. The van der Waals surface area contributed by atoms with Crippen LogP contribution in [0.25, 0.3) is 0 Å². The van der Waals surface area contributed by atoms with Gasteiger partial charge < -0.3 is 14.6 Å². The summed E-state index contributed by atoms with van der Waals surface area (Å²) in [6, 6.07) is 17.3. The molecule has 0 amide bonds. The van der Waals surface area contributed by atoms with Crippen molar-refractivity contribution in [2.75, 3.05) is 13.1 Å². The van der Waals surface area contributed by atoms with E-state index >= 15 is 0 Å². The van der Waals surface area contributed by atoms with Crippen LogP contribution >= 0.6 is 0 Å². The van der Waals surface area contributed by atoms with Crippen molar-refractivity contribution in [2.45, 2.75) is 71.6 Å². The molecule has 0 saturated heterocycles. The van der Waals surface area contributed by atoms with Gasteiger partial charge in [-0.3, -0.25) is 9.69 Å². The second-order valence-electron chi connectivity index (χ2n) is 14.8. The number of carbonyl (C=O) groups excluding carboxylic acids is 1. The highest BCUT2D eigenvalue weighted by Crippen LogP contribution is 2.86. The molecule has 3 fully saturated rings. The van der Waals surface area contributed by atoms with Crippen LogP contribution in [0.4, 0.5) is 0 Å². The maximum atomic E-state index is 14.1. The number of allylic oxidation sites excluding steroid dienone is 1. The number of carbonyl (C=O) groups is 2. The lowest BCUT2D eigenvalue weighted by molar-refractivity contribution is -0.203. The molecule has 6 aliphatic rings. The Bertz CT molecular complexity index is 1500. The topological polar surface area (TPSA) is 66.8 Å². The monoisotopic (exact) mass is 565 g/mol. The van der Waals surface area contributed by atoms with Crippen molar-refractivity contribution in [3.8, 4) is 0 Å². The summed E-state index contributed by atoms with van der Waals surface area (Å²) in [5.41, 5.74) is 3.38. The van der Waals surface area contributed by atoms with E-state index in [0.717, 1.165) is 62.7 Å². The van der Waals surface area contributed by atoms with E-state index in [0.29, 0.717) is 18.3 Å². The molecule has 3 saturated carbocycles. The Balaban J connectivity index is 1.25. The van der Waals surface area contributed by atoms with E-state index in [1.807, 2.05) is 0 Å². The zero-order valence-electron chi connectivity index (χ0n) is 25.1. The molecule has 0 spiro atoms. The molecular weight excluding hydrogens is 522 g/mol. The summed E-state index contributed by atoms with van der Waals surface area (Å²) in [6.07, 6.45) is 7.48. The van der Waals surface area contributed by atoms with Gasteiger partial charge in [-0.15, -0.1) is 0 Å². The molecule has 2 aromatic carbocycles. The highest BCUT2D eigenvalue weighted by atomic mass is 16.5. The summed E-state index contributed by atoms with van der Waals surface area (Å²) in [5, 5.41) is 11.5. The van der Waals surface area contributed by atoms with E-state index in [1.165, 1.54) is 16.7 Å². The fraction of sp³-hybridized carbons (Fsp3) is 0.568. The Labute approximate surface area is 249 Å². The molecule has 0 radical (unpaired) electrons. The van der Waals surface area contributed by atoms with Crippen LogP contribution in [-0.4, -0.2) is 35.4 Å². The van der Waals surface area contributed by atoms with E-state index < -0.39 is 22.2 Å². The van der Waals surface area contributed by atoms with Crippen molar-refractivity contribution in [1.29, 1.82) is 0 Å². The van der Waals surface area contributed by atoms with E-state index in [9.17, 15) is 14.7 Å². The third-order valence-corrected chi connectivity index (χ3v) is 13.0. The first-order chi connectivity index (χ1) is 20.3. The third-order valence-electron chi connectivity index (χ3n) is 13.0. The zero-order chi connectivity index (χ0) is 29.0. The van der Waals surface area contributed by atoms with Crippen LogP contribution in [0.5, 0.6) is 0 Å². The van der Waals surface area contributed by atoms with Gasteiger partial charge in [-0.1, -0.05) is 87.4 Å². The molecular formula is C37H43NO4. The Morgan fingerprint density at radius 2 is 1.81 bits per heavy atom. The zero-order valence-corrected chi connectivity index (χ0v) is 25.1. The van der Waals surface area contributed by atoms with Crippen molar-refractivity contribution >= 4 is 12.3 Å². The molecule has 5 heteroatoms. The normalized spacial score (nSPS) is 41.4. The van der Waals surface area contributed by atoms with Gasteiger partial charge in [0.05, 0.1) is 17.6 Å². The number of aliphatic carboxylic acids is 1. The van der Waals surface area contributed by atoms with Crippen LogP contribution in [0.1, 0.15) is 80.9 Å². The molecule has 9 atom stereocenters. The largest absolute Gasteiger partial charge is 0.481 e. The number of carboxylic acid groups (broad SMARTS) is 1. The van der Waals surface area contributed by atoms with Gasteiger partial charge >= 0.3 is 5.97 Å². The minimum absolute atomic E-state index is 0.0210. The first kappa shape index (κ1) is 26.8. The molecule has 5 nitrogen and oxygen atoms in total. The summed E-state index contributed by atoms with van der Waals surface area (Å²) in [6.45, 7) is 9.25. The molecule has 1 N–H and O–H groups in total. The second-order valence-corrected chi connectivity index (χ2v) is 14.8. The van der Waals surface area contributed by atoms with Crippen LogP contribution in [0.15, 0.2) is 60.2 Å². The average Bonchev–Trinajstić information content (AvgIpc) is 3.68. The standard InChI is InChI=1S/C37H43NO4/c1-22(2)31-16-26-17-35(21-39)30-13-12-23(3)29(30)18-36(26,37(31,35)34(40)41)33-28-11-7-6-10-27(28)32(42-33)20-38-15-14-24-8-4-5-9-25(24)19-38/h4-11,16,21-23,26,29-30,32-33H,12-15,17-20H2,1-3H3,(H,40,41)/t23-,26?,29-,30-,32?,33?,35?,36?,37?/m1/s1. The fourth-order valence-electron chi connectivity index (χ4n) is 11.6. The van der Waals surface area contributed by atoms with Gasteiger partial charge in [0.1, 0.15) is 11.7 Å². The minimum Gasteiger partial charge on any atom is -0.481 e. The first-order valence-electron chi connectivity index (χ1n) is 16.2. The maximum absolute atomic E-state index is 14.1. The molecule has 220 valence electrons. The number of aldehydes is 1. The van der Waals surface area contributed by atoms with Crippen molar-refractivity contribution in [1.82, 2.24) is 4.90 Å². The first-order valence-corrected chi connectivity index (χ1v) is 16.2. The van der Waals surface area contributed by atoms with Crippen LogP contribution < -0.4 is 0 Å². The van der Waals surface area contributed by atoms with Crippen molar-refractivity contribution < 1.29 is 19.4 Å². The number of carboxylic acids is 1. The SMILES string of the molecule is CC(C)C1=CC2CC3(C=O)[C@@H]4CC[C@@H](C)[C@H]4CC2(C2OC(CN4CCc5ccccc5C4)c4ccccc42)C13C(=O)O. The lowest BCUT2D eigenvalue weighted by Crippen LogP contribution is -2.63. The van der Waals surface area contributed by atoms with E-state index in [-0.39, 0.29) is 30.0 Å². The molecule has 0 aromatic heterocycles. The van der Waals surface area contributed by atoms with E-state index in [2.05, 4.69) is 80.3 Å². The smallest absolute Gasteiger partial charge is 0.315 e. The Hall–Kier alpha value is -2.76. The number of benzene rings is 2. The van der Waals surface area contributed by atoms with Crippen molar-refractivity contribution in [2.24, 2.45) is 45.8 Å². The summed E-state index contributed by atoms with van der Waals surface area (Å²) >= 11 is 0. The minimum atomic E-state index is -1.23. The van der Waals surface area contributed by atoms with Gasteiger partial charge in [0, 0.05) is 25.0 Å². The van der Waals surface area contributed by atoms with Gasteiger partial charge in [-0.2, -0.15) is 0 Å². The van der Waals surface area contributed by atoms with Crippen molar-refractivity contribution in [3.05, 3.63) is 82.4 Å². The van der Waals surface area contributed by atoms with Gasteiger partial charge in [-0.25, -0.2) is 0 Å². The lowest BCUT2D eigenvalue weighted by Gasteiger charge is -2.60. The predicted octanol–water partition coefficient (Wildman–Crippen LogP) is 6.78. The molecule has 2 aliphatic heterocycles. The number of nitrogens with zero attached hydrogens (tertiary/aromatic N) is 1.